The van der Waals surface area contributed by atoms with E-state index in [0.29, 0.717) is 27.6 Å². The number of allylic oxidation sites excluding steroid dienone is 2. The molecule has 0 amide bonds. The molecule has 2 N–H and O–H groups in total. The third-order valence-corrected chi connectivity index (χ3v) is 22.8. The standard InChI is InChI=1S/C31H48O.C31H44O/c2*1-20-7-6-8-21(2)25(20)11-9-22(3)27-13-14-28-26-12-10-23-19-24(32)15-17-30(23,4)29(26)16-18-31(27,28)5/h6-8,22-24,26-29,32H,9-19H2,1-5H3;6-11,22,24,26-29,32H,12-19H2,1-5H3/b;11-9+/t22-,23?,24+,26+,27-,28+,29+,30+,31-;22-,24+,26+,27-,28+,29+,30+,31-/m11/s1. The molecular weight excluding hydrogens is 777 g/mol. The van der Waals surface area contributed by atoms with Gasteiger partial charge in [0.1, 0.15) is 0 Å². The van der Waals surface area contributed by atoms with Crippen molar-refractivity contribution >= 4 is 6.08 Å². The van der Waals surface area contributed by atoms with Crippen LogP contribution in [-0.4, -0.2) is 22.4 Å². The summed E-state index contributed by atoms with van der Waals surface area (Å²) in [5.41, 5.74) is 12.3. The molecule has 10 rings (SSSR count). The largest absolute Gasteiger partial charge is 0.393 e. The highest BCUT2D eigenvalue weighted by Gasteiger charge is 2.61. The monoisotopic (exact) mass is 869 g/mol. The first-order valence-electron chi connectivity index (χ1n) is 27.3. The Labute approximate surface area is 392 Å². The number of benzene rings is 2. The van der Waals surface area contributed by atoms with Crippen molar-refractivity contribution in [2.75, 3.05) is 0 Å². The fraction of sp³-hybridized carbons (Fsp3) is 0.742. The van der Waals surface area contributed by atoms with Gasteiger partial charge >= 0.3 is 0 Å². The number of hydrogen-bond acceptors (Lipinski definition) is 2. The maximum absolute atomic E-state index is 10.3. The number of aryl methyl sites for hydroxylation is 4. The molecule has 64 heavy (non-hydrogen) atoms. The molecule has 0 radical (unpaired) electrons. The molecule has 2 aromatic carbocycles. The highest BCUT2D eigenvalue weighted by molar-refractivity contribution is 5.57. The Morgan fingerprint density at radius 2 is 1.19 bits per heavy atom. The molecule has 0 saturated heterocycles. The summed E-state index contributed by atoms with van der Waals surface area (Å²) in [4.78, 5) is 0. The molecule has 8 aliphatic carbocycles. The number of aliphatic hydroxyl groups excluding tert-OH is 2. The zero-order valence-electron chi connectivity index (χ0n) is 42.5. The first kappa shape index (κ1) is 46.9. The van der Waals surface area contributed by atoms with E-state index in [9.17, 15) is 10.2 Å². The minimum Gasteiger partial charge on any atom is -0.393 e. The van der Waals surface area contributed by atoms with Crippen LogP contribution in [0.3, 0.4) is 0 Å². The van der Waals surface area contributed by atoms with Crippen LogP contribution < -0.4 is 0 Å². The second kappa shape index (κ2) is 18.1. The molecule has 8 aliphatic rings. The van der Waals surface area contributed by atoms with Crippen LogP contribution in [0, 0.1) is 114 Å². The first-order chi connectivity index (χ1) is 30.5. The Bertz CT molecular complexity index is 2000. The van der Waals surface area contributed by atoms with Gasteiger partial charge in [0, 0.05) is 0 Å². The molecule has 2 nitrogen and oxygen atoms in total. The summed E-state index contributed by atoms with van der Waals surface area (Å²) in [5, 5.41) is 20.6. The minimum absolute atomic E-state index is 0.0212. The molecule has 7 saturated carbocycles. The smallest absolute Gasteiger partial charge is 0.0577 e. The zero-order chi connectivity index (χ0) is 45.3. The number of fused-ring (bicyclic) bond motifs is 10. The van der Waals surface area contributed by atoms with Crippen LogP contribution in [0.5, 0.6) is 0 Å². The molecule has 0 heterocycles. The van der Waals surface area contributed by atoms with Crippen LogP contribution in [0.1, 0.15) is 190 Å². The van der Waals surface area contributed by atoms with E-state index in [1.807, 2.05) is 0 Å². The molecule has 0 bridgehead atoms. The average Bonchev–Trinajstić information content (AvgIpc) is 3.81. The molecule has 0 spiro atoms. The van der Waals surface area contributed by atoms with Crippen molar-refractivity contribution in [1.82, 2.24) is 0 Å². The van der Waals surface area contributed by atoms with Crippen molar-refractivity contribution < 1.29 is 10.2 Å². The van der Waals surface area contributed by atoms with Gasteiger partial charge in [-0.3, -0.25) is 0 Å². The zero-order valence-corrected chi connectivity index (χ0v) is 42.5. The number of hydrogen-bond donors (Lipinski definition) is 2. The molecule has 17 atom stereocenters. The van der Waals surface area contributed by atoms with E-state index < -0.39 is 0 Å². The third-order valence-electron chi connectivity index (χ3n) is 22.8. The molecular formula is C62H92O2. The second-order valence-electron chi connectivity index (χ2n) is 25.6. The van der Waals surface area contributed by atoms with Gasteiger partial charge in [-0.25, -0.2) is 0 Å². The van der Waals surface area contributed by atoms with Crippen molar-refractivity contribution in [3.05, 3.63) is 87.5 Å². The Morgan fingerprint density at radius 1 is 0.609 bits per heavy atom. The number of aliphatic hydroxyl groups is 2. The Morgan fingerprint density at radius 3 is 1.89 bits per heavy atom. The lowest BCUT2D eigenvalue weighted by Crippen LogP contribution is -2.54. The SMILES string of the molecule is Cc1cccc(C)c1/C=C/[C@@H](C)[C@H]1CC[C@H]2[C@@H]3CC=C4C[C@@H](O)CC[C@]4(C)[C@H]3CC[C@]12C.Cc1cccc(C)c1CC[C@@H](C)[C@H]1CC[C@H]2[C@@H]3CCC4C[C@@H](O)CC[C@]4(C)[C@H]3CC[C@]12C. The maximum atomic E-state index is 10.3. The lowest BCUT2D eigenvalue weighted by atomic mass is 9.44. The lowest BCUT2D eigenvalue weighted by Gasteiger charge is -2.61. The highest BCUT2D eigenvalue weighted by Crippen LogP contribution is 2.69. The van der Waals surface area contributed by atoms with E-state index >= 15 is 0 Å². The molecule has 352 valence electrons. The summed E-state index contributed by atoms with van der Waals surface area (Å²) in [6.07, 6.45) is 32.1. The Kier molecular flexibility index (Phi) is 13.2. The average molecular weight is 869 g/mol. The van der Waals surface area contributed by atoms with E-state index in [0.717, 1.165) is 84.9 Å². The fourth-order valence-corrected chi connectivity index (χ4v) is 19.0. The summed E-state index contributed by atoms with van der Waals surface area (Å²) in [5.74, 6) is 9.39. The van der Waals surface area contributed by atoms with Crippen molar-refractivity contribution in [2.45, 2.75) is 203 Å². The van der Waals surface area contributed by atoms with Gasteiger partial charge < -0.3 is 10.2 Å². The van der Waals surface area contributed by atoms with Gasteiger partial charge in [-0.05, 0) is 270 Å². The second-order valence-corrected chi connectivity index (χ2v) is 25.6. The molecule has 1 unspecified atom stereocenters. The molecule has 0 aliphatic heterocycles. The van der Waals surface area contributed by atoms with Crippen molar-refractivity contribution in [1.29, 1.82) is 0 Å². The van der Waals surface area contributed by atoms with E-state index in [-0.39, 0.29) is 12.2 Å². The third kappa shape index (κ3) is 8.11. The summed E-state index contributed by atoms with van der Waals surface area (Å²) in [6, 6.07) is 13.4. The van der Waals surface area contributed by atoms with E-state index in [2.05, 4.69) is 124 Å². The van der Waals surface area contributed by atoms with E-state index in [1.54, 1.807) is 11.1 Å². The molecule has 2 aromatic rings. The van der Waals surface area contributed by atoms with E-state index in [4.69, 9.17) is 0 Å². The van der Waals surface area contributed by atoms with Gasteiger partial charge in [-0.1, -0.05) is 102 Å². The predicted octanol–water partition coefficient (Wildman–Crippen LogP) is 15.8. The van der Waals surface area contributed by atoms with Crippen LogP contribution in [0.4, 0.5) is 0 Å². The summed E-state index contributed by atoms with van der Waals surface area (Å²) >= 11 is 0. The molecule has 0 aromatic heterocycles. The van der Waals surface area contributed by atoms with Crippen molar-refractivity contribution in [3.8, 4) is 0 Å². The summed E-state index contributed by atoms with van der Waals surface area (Å²) in [6.45, 7) is 24.7. The number of rotatable bonds is 7. The summed E-state index contributed by atoms with van der Waals surface area (Å²) in [7, 11) is 0. The fourth-order valence-electron chi connectivity index (χ4n) is 19.0. The van der Waals surface area contributed by atoms with Gasteiger partial charge in [-0.15, -0.1) is 0 Å². The van der Waals surface area contributed by atoms with Crippen LogP contribution in [0.2, 0.25) is 0 Å². The van der Waals surface area contributed by atoms with Crippen LogP contribution in [-0.2, 0) is 6.42 Å². The summed E-state index contributed by atoms with van der Waals surface area (Å²) < 4.78 is 0. The maximum Gasteiger partial charge on any atom is 0.0577 e. The van der Waals surface area contributed by atoms with Crippen LogP contribution in [0.15, 0.2) is 54.1 Å². The normalized spacial score (nSPS) is 43.3. The van der Waals surface area contributed by atoms with Crippen LogP contribution in [0.25, 0.3) is 6.08 Å². The Hall–Kier alpha value is -2.16. The quantitative estimate of drug-likeness (QED) is 0.272. The van der Waals surface area contributed by atoms with Crippen molar-refractivity contribution in [3.63, 3.8) is 0 Å². The van der Waals surface area contributed by atoms with Gasteiger partial charge in [-0.2, -0.15) is 0 Å². The highest BCUT2D eigenvalue weighted by atomic mass is 16.3. The van der Waals surface area contributed by atoms with Crippen LogP contribution >= 0.6 is 0 Å². The minimum atomic E-state index is -0.0971. The predicted molar refractivity (Wildman–Crippen MR) is 270 cm³/mol. The molecule has 7 fully saturated rings. The van der Waals surface area contributed by atoms with Gasteiger partial charge in [0.15, 0.2) is 0 Å². The topological polar surface area (TPSA) is 40.5 Å². The van der Waals surface area contributed by atoms with Gasteiger partial charge in [0.25, 0.3) is 0 Å². The van der Waals surface area contributed by atoms with Gasteiger partial charge in [0.05, 0.1) is 12.2 Å². The van der Waals surface area contributed by atoms with Gasteiger partial charge in [0.2, 0.25) is 0 Å². The van der Waals surface area contributed by atoms with Crippen molar-refractivity contribution in [2.24, 2.45) is 86.8 Å². The first-order valence-corrected chi connectivity index (χ1v) is 27.3. The molecule has 2 heteroatoms. The van der Waals surface area contributed by atoms with E-state index in [1.165, 1.54) is 124 Å². The lowest BCUT2D eigenvalue weighted by molar-refractivity contribution is -0.129. The Balaban J connectivity index is 0.000000162.